The zero-order chi connectivity index (χ0) is 13.5. The van der Waals surface area contributed by atoms with Crippen molar-refractivity contribution >= 4 is 11.9 Å². The molecule has 0 aliphatic heterocycles. The molecule has 0 aliphatic carbocycles. The quantitative estimate of drug-likeness (QED) is 0.815. The van der Waals surface area contributed by atoms with Crippen molar-refractivity contribution < 1.29 is 18.7 Å². The van der Waals surface area contributed by atoms with Crippen molar-refractivity contribution in [3.63, 3.8) is 0 Å². The lowest BCUT2D eigenvalue weighted by atomic mass is 10.2. The Morgan fingerprint density at radius 1 is 1.39 bits per heavy atom. The van der Waals surface area contributed by atoms with Crippen LogP contribution in [0.15, 0.2) is 24.3 Å². The van der Waals surface area contributed by atoms with Crippen LogP contribution in [0.2, 0.25) is 0 Å². The molecule has 0 bridgehead atoms. The summed E-state index contributed by atoms with van der Waals surface area (Å²) in [5, 5.41) is 2.52. The van der Waals surface area contributed by atoms with Crippen LogP contribution in [0.3, 0.4) is 0 Å². The molecular formula is C13H16FNO3. The Bertz CT molecular complexity index is 432. The van der Waals surface area contributed by atoms with Crippen LogP contribution in [-0.4, -0.2) is 24.5 Å². The van der Waals surface area contributed by atoms with Crippen LogP contribution in [0.25, 0.3) is 0 Å². The SMILES string of the molecule is CC(C)OC(=O)CCNC(=O)c1cccc(F)c1. The second-order valence-electron chi connectivity index (χ2n) is 4.05. The minimum Gasteiger partial charge on any atom is -0.463 e. The number of rotatable bonds is 5. The number of halogens is 1. The summed E-state index contributed by atoms with van der Waals surface area (Å²) in [6, 6.07) is 5.36. The normalized spacial score (nSPS) is 10.2. The van der Waals surface area contributed by atoms with Crippen LogP contribution >= 0.6 is 0 Å². The fourth-order valence-electron chi connectivity index (χ4n) is 1.33. The van der Waals surface area contributed by atoms with E-state index in [1.807, 2.05) is 0 Å². The summed E-state index contributed by atoms with van der Waals surface area (Å²) < 4.78 is 17.8. The second-order valence-corrected chi connectivity index (χ2v) is 4.05. The van der Waals surface area contributed by atoms with Crippen molar-refractivity contribution in [3.8, 4) is 0 Å². The summed E-state index contributed by atoms with van der Waals surface area (Å²) in [5.41, 5.74) is 0.229. The van der Waals surface area contributed by atoms with Crippen molar-refractivity contribution in [2.75, 3.05) is 6.54 Å². The maximum absolute atomic E-state index is 12.9. The molecule has 0 radical (unpaired) electrons. The molecule has 1 rings (SSSR count). The number of amides is 1. The fourth-order valence-corrected chi connectivity index (χ4v) is 1.33. The average Bonchev–Trinajstić information content (AvgIpc) is 2.27. The van der Waals surface area contributed by atoms with Crippen LogP contribution in [-0.2, 0) is 9.53 Å². The van der Waals surface area contributed by atoms with Crippen LogP contribution < -0.4 is 5.32 Å². The third-order valence-electron chi connectivity index (χ3n) is 2.07. The first-order valence-corrected chi connectivity index (χ1v) is 5.72. The molecule has 0 spiro atoms. The molecule has 0 aliphatic rings. The molecule has 1 N–H and O–H groups in total. The lowest BCUT2D eigenvalue weighted by Crippen LogP contribution is -2.27. The average molecular weight is 253 g/mol. The van der Waals surface area contributed by atoms with E-state index in [2.05, 4.69) is 5.32 Å². The Labute approximate surface area is 105 Å². The van der Waals surface area contributed by atoms with Gasteiger partial charge in [-0.3, -0.25) is 9.59 Å². The number of benzene rings is 1. The molecule has 5 heteroatoms. The van der Waals surface area contributed by atoms with E-state index in [0.29, 0.717) is 0 Å². The molecule has 18 heavy (non-hydrogen) atoms. The molecule has 0 unspecified atom stereocenters. The van der Waals surface area contributed by atoms with E-state index in [1.165, 1.54) is 18.2 Å². The number of hydrogen-bond acceptors (Lipinski definition) is 3. The minimum atomic E-state index is -0.470. The van der Waals surface area contributed by atoms with Crippen LogP contribution in [0, 0.1) is 5.82 Å². The number of esters is 1. The standard InChI is InChI=1S/C13H16FNO3/c1-9(2)18-12(16)6-7-15-13(17)10-4-3-5-11(14)8-10/h3-5,8-9H,6-7H2,1-2H3,(H,15,17). The molecule has 0 fully saturated rings. The molecule has 1 aromatic rings. The smallest absolute Gasteiger partial charge is 0.307 e. The van der Waals surface area contributed by atoms with Crippen LogP contribution in [0.4, 0.5) is 4.39 Å². The first kappa shape index (κ1) is 14.2. The van der Waals surface area contributed by atoms with Gasteiger partial charge in [-0.25, -0.2) is 4.39 Å². The number of ether oxygens (including phenoxy) is 1. The maximum atomic E-state index is 12.9. The molecule has 0 atom stereocenters. The van der Waals surface area contributed by atoms with Gasteiger partial charge in [0.25, 0.3) is 5.91 Å². The Balaban J connectivity index is 2.36. The van der Waals surface area contributed by atoms with Crippen molar-refractivity contribution in [3.05, 3.63) is 35.6 Å². The highest BCUT2D eigenvalue weighted by Gasteiger charge is 2.08. The minimum absolute atomic E-state index is 0.0965. The summed E-state index contributed by atoms with van der Waals surface area (Å²) in [6.07, 6.45) is -0.0735. The van der Waals surface area contributed by atoms with Gasteiger partial charge in [0.05, 0.1) is 12.5 Å². The van der Waals surface area contributed by atoms with Gasteiger partial charge >= 0.3 is 5.97 Å². The molecule has 0 saturated heterocycles. The van der Waals surface area contributed by atoms with Gasteiger partial charge in [-0.15, -0.1) is 0 Å². The highest BCUT2D eigenvalue weighted by atomic mass is 19.1. The van der Waals surface area contributed by atoms with Gasteiger partial charge in [0.1, 0.15) is 5.82 Å². The van der Waals surface area contributed by atoms with E-state index in [-0.39, 0.29) is 30.6 Å². The lowest BCUT2D eigenvalue weighted by molar-refractivity contribution is -0.147. The second kappa shape index (κ2) is 6.74. The highest BCUT2D eigenvalue weighted by molar-refractivity contribution is 5.94. The number of hydrogen-bond donors (Lipinski definition) is 1. The summed E-state index contributed by atoms with van der Waals surface area (Å²) in [4.78, 5) is 22.8. The predicted octanol–water partition coefficient (Wildman–Crippen LogP) is 1.90. The van der Waals surface area contributed by atoms with E-state index in [4.69, 9.17) is 4.74 Å². The first-order chi connectivity index (χ1) is 8.49. The van der Waals surface area contributed by atoms with E-state index in [0.717, 1.165) is 6.07 Å². The number of carbonyl (C=O) groups excluding carboxylic acids is 2. The van der Waals surface area contributed by atoms with E-state index >= 15 is 0 Å². The number of carbonyl (C=O) groups is 2. The molecule has 0 aromatic heterocycles. The molecule has 4 nitrogen and oxygen atoms in total. The van der Waals surface area contributed by atoms with Crippen molar-refractivity contribution in [2.24, 2.45) is 0 Å². The third-order valence-corrected chi connectivity index (χ3v) is 2.07. The highest BCUT2D eigenvalue weighted by Crippen LogP contribution is 2.03. The zero-order valence-electron chi connectivity index (χ0n) is 10.4. The van der Waals surface area contributed by atoms with Gasteiger partial charge in [0.2, 0.25) is 0 Å². The summed E-state index contributed by atoms with van der Waals surface area (Å²) in [6.45, 7) is 3.67. The van der Waals surface area contributed by atoms with Crippen LogP contribution in [0.5, 0.6) is 0 Å². The Kier molecular flexibility index (Phi) is 5.30. The largest absolute Gasteiger partial charge is 0.463 e. The van der Waals surface area contributed by atoms with Gasteiger partial charge in [0, 0.05) is 12.1 Å². The number of nitrogens with one attached hydrogen (secondary N) is 1. The molecule has 0 saturated carbocycles. The molecule has 1 amide bonds. The summed E-state index contributed by atoms with van der Waals surface area (Å²) in [7, 11) is 0. The van der Waals surface area contributed by atoms with Gasteiger partial charge < -0.3 is 10.1 Å². The molecular weight excluding hydrogens is 237 g/mol. The van der Waals surface area contributed by atoms with Crippen LogP contribution in [0.1, 0.15) is 30.6 Å². The predicted molar refractivity (Wildman–Crippen MR) is 64.6 cm³/mol. The monoisotopic (exact) mass is 253 g/mol. The Morgan fingerprint density at radius 2 is 2.11 bits per heavy atom. The lowest BCUT2D eigenvalue weighted by Gasteiger charge is -2.08. The fraction of sp³-hybridized carbons (Fsp3) is 0.385. The van der Waals surface area contributed by atoms with Crippen molar-refractivity contribution in [2.45, 2.75) is 26.4 Å². The van der Waals surface area contributed by atoms with E-state index < -0.39 is 11.7 Å². The maximum Gasteiger partial charge on any atom is 0.307 e. The summed E-state index contributed by atoms with van der Waals surface area (Å²) >= 11 is 0. The first-order valence-electron chi connectivity index (χ1n) is 5.72. The molecule has 98 valence electrons. The van der Waals surface area contributed by atoms with E-state index in [1.54, 1.807) is 13.8 Å². The zero-order valence-corrected chi connectivity index (χ0v) is 10.4. The van der Waals surface area contributed by atoms with Gasteiger partial charge in [-0.1, -0.05) is 6.07 Å². The Hall–Kier alpha value is -1.91. The van der Waals surface area contributed by atoms with E-state index in [9.17, 15) is 14.0 Å². The van der Waals surface area contributed by atoms with Gasteiger partial charge in [0.15, 0.2) is 0 Å². The van der Waals surface area contributed by atoms with Crippen molar-refractivity contribution in [1.29, 1.82) is 0 Å². The Morgan fingerprint density at radius 3 is 2.72 bits per heavy atom. The third kappa shape index (κ3) is 4.95. The van der Waals surface area contributed by atoms with Gasteiger partial charge in [-0.05, 0) is 32.0 Å². The molecule has 1 aromatic carbocycles. The molecule has 0 heterocycles. The van der Waals surface area contributed by atoms with Crippen molar-refractivity contribution in [1.82, 2.24) is 5.32 Å². The van der Waals surface area contributed by atoms with Gasteiger partial charge in [-0.2, -0.15) is 0 Å². The summed E-state index contributed by atoms with van der Waals surface area (Å²) in [5.74, 6) is -1.25. The topological polar surface area (TPSA) is 55.4 Å².